The Balaban J connectivity index is 1.77. The summed E-state index contributed by atoms with van der Waals surface area (Å²) >= 11 is 0. The lowest BCUT2D eigenvalue weighted by Gasteiger charge is -2.05. The van der Waals surface area contributed by atoms with Crippen LogP contribution in [-0.4, -0.2) is 28.2 Å². The number of hydrogen-bond acceptors (Lipinski definition) is 5. The van der Waals surface area contributed by atoms with Crippen LogP contribution in [0.3, 0.4) is 0 Å². The van der Waals surface area contributed by atoms with Crippen LogP contribution in [0, 0.1) is 6.92 Å². The highest BCUT2D eigenvalue weighted by molar-refractivity contribution is 7.95. The molecule has 8 heteroatoms. The summed E-state index contributed by atoms with van der Waals surface area (Å²) in [6.07, 6.45) is 6.12. The summed E-state index contributed by atoms with van der Waals surface area (Å²) in [6, 6.07) is 10.8. The molecule has 0 aliphatic carbocycles. The van der Waals surface area contributed by atoms with Crippen LogP contribution in [0.15, 0.2) is 60.5 Å². The molecule has 0 saturated carbocycles. The standard InChI is InChI=1S/C16H15N5O2S/c1-13-3-5-14(6-4-13)7-10-24(22,23)20-15-11-16(18-12-17-15)21-9-2-8-19-21/h2-12H,1H3,(H,17,18,20)/b10-7+. The van der Waals surface area contributed by atoms with Crippen LogP contribution in [0.5, 0.6) is 0 Å². The Morgan fingerprint density at radius 2 is 1.96 bits per heavy atom. The SMILES string of the molecule is Cc1ccc(/C=C/S(=O)(=O)Nc2cc(-n3cccn3)ncn2)cc1. The van der Waals surface area contributed by atoms with Crippen molar-refractivity contribution in [1.82, 2.24) is 19.7 Å². The smallest absolute Gasteiger partial charge is 0.256 e. The largest absolute Gasteiger partial charge is 0.264 e. The molecule has 2 heterocycles. The zero-order chi connectivity index (χ0) is 17.0. The number of nitrogens with zero attached hydrogens (tertiary/aromatic N) is 4. The first kappa shape index (κ1) is 15.9. The molecule has 3 rings (SSSR count). The zero-order valence-electron chi connectivity index (χ0n) is 12.9. The molecule has 1 aromatic carbocycles. The maximum Gasteiger partial charge on any atom is 0.256 e. The Kier molecular flexibility index (Phi) is 4.39. The summed E-state index contributed by atoms with van der Waals surface area (Å²) < 4.78 is 28.2. The van der Waals surface area contributed by atoms with Crippen molar-refractivity contribution in [2.75, 3.05) is 4.72 Å². The normalized spacial score (nSPS) is 11.7. The summed E-state index contributed by atoms with van der Waals surface area (Å²) in [5, 5.41) is 5.15. The van der Waals surface area contributed by atoms with Crippen molar-refractivity contribution in [3.63, 3.8) is 0 Å². The number of hydrogen-bond donors (Lipinski definition) is 1. The molecule has 0 bridgehead atoms. The van der Waals surface area contributed by atoms with Gasteiger partial charge in [-0.05, 0) is 24.6 Å². The molecular formula is C16H15N5O2S. The lowest BCUT2D eigenvalue weighted by Crippen LogP contribution is -2.11. The Bertz CT molecular complexity index is 948. The van der Waals surface area contributed by atoms with Gasteiger partial charge in [-0.1, -0.05) is 29.8 Å². The predicted molar refractivity (Wildman–Crippen MR) is 91.9 cm³/mol. The van der Waals surface area contributed by atoms with E-state index in [1.807, 2.05) is 31.2 Å². The lowest BCUT2D eigenvalue weighted by atomic mass is 10.2. The molecule has 2 aromatic heterocycles. The third kappa shape index (κ3) is 4.05. The van der Waals surface area contributed by atoms with E-state index < -0.39 is 10.0 Å². The zero-order valence-corrected chi connectivity index (χ0v) is 13.7. The van der Waals surface area contributed by atoms with Crippen molar-refractivity contribution in [2.45, 2.75) is 6.92 Å². The van der Waals surface area contributed by atoms with E-state index in [1.165, 1.54) is 23.2 Å². The van der Waals surface area contributed by atoms with Gasteiger partial charge in [0.2, 0.25) is 0 Å². The van der Waals surface area contributed by atoms with Crippen molar-refractivity contribution in [1.29, 1.82) is 0 Å². The van der Waals surface area contributed by atoms with E-state index in [4.69, 9.17) is 0 Å². The summed E-state index contributed by atoms with van der Waals surface area (Å²) in [4.78, 5) is 7.97. The maximum atomic E-state index is 12.2. The van der Waals surface area contributed by atoms with Gasteiger partial charge in [-0.25, -0.2) is 23.1 Å². The van der Waals surface area contributed by atoms with Crippen LogP contribution >= 0.6 is 0 Å². The Labute approximate surface area is 139 Å². The minimum Gasteiger partial charge on any atom is -0.264 e. The van der Waals surface area contributed by atoms with Crippen molar-refractivity contribution < 1.29 is 8.42 Å². The maximum absolute atomic E-state index is 12.2. The van der Waals surface area contributed by atoms with Gasteiger partial charge in [0.25, 0.3) is 10.0 Å². The molecular weight excluding hydrogens is 326 g/mol. The molecule has 0 radical (unpaired) electrons. The molecule has 7 nitrogen and oxygen atoms in total. The van der Waals surface area contributed by atoms with Gasteiger partial charge in [0.05, 0.1) is 5.41 Å². The van der Waals surface area contributed by atoms with Gasteiger partial charge in [-0.2, -0.15) is 5.10 Å². The van der Waals surface area contributed by atoms with Crippen LogP contribution in [0.2, 0.25) is 0 Å². The number of nitrogens with one attached hydrogen (secondary N) is 1. The van der Waals surface area contributed by atoms with Crippen molar-refractivity contribution in [3.05, 3.63) is 71.7 Å². The topological polar surface area (TPSA) is 89.8 Å². The Morgan fingerprint density at radius 3 is 2.67 bits per heavy atom. The first-order valence-electron chi connectivity index (χ1n) is 7.11. The number of benzene rings is 1. The minimum absolute atomic E-state index is 0.170. The molecule has 0 spiro atoms. The number of aryl methyl sites for hydroxylation is 1. The van der Waals surface area contributed by atoms with Gasteiger partial charge < -0.3 is 0 Å². The molecule has 122 valence electrons. The highest BCUT2D eigenvalue weighted by Gasteiger charge is 2.08. The predicted octanol–water partition coefficient (Wildman–Crippen LogP) is 2.38. The molecule has 0 saturated heterocycles. The van der Waals surface area contributed by atoms with Gasteiger partial charge in [0.1, 0.15) is 12.1 Å². The molecule has 3 aromatic rings. The quantitative estimate of drug-likeness (QED) is 0.769. The third-order valence-electron chi connectivity index (χ3n) is 3.16. The fourth-order valence-electron chi connectivity index (χ4n) is 1.96. The molecule has 0 amide bonds. The fraction of sp³-hybridized carbons (Fsp3) is 0.0625. The first-order valence-corrected chi connectivity index (χ1v) is 8.66. The number of rotatable bonds is 5. The highest BCUT2D eigenvalue weighted by atomic mass is 32.2. The summed E-state index contributed by atoms with van der Waals surface area (Å²) in [7, 11) is -3.68. The van der Waals surface area contributed by atoms with E-state index >= 15 is 0 Å². The van der Waals surface area contributed by atoms with Crippen molar-refractivity contribution >= 4 is 21.9 Å². The van der Waals surface area contributed by atoms with Gasteiger partial charge in [-0.3, -0.25) is 4.72 Å². The van der Waals surface area contributed by atoms with Crippen LogP contribution in [0.1, 0.15) is 11.1 Å². The van der Waals surface area contributed by atoms with Crippen molar-refractivity contribution in [3.8, 4) is 5.82 Å². The Hall–Kier alpha value is -3.00. The minimum atomic E-state index is -3.68. The molecule has 0 fully saturated rings. The summed E-state index contributed by atoms with van der Waals surface area (Å²) in [6.45, 7) is 1.97. The van der Waals surface area contributed by atoms with Crippen LogP contribution in [-0.2, 0) is 10.0 Å². The average Bonchev–Trinajstić information content (AvgIpc) is 3.09. The fourth-order valence-corrected chi connectivity index (χ4v) is 2.77. The molecule has 0 unspecified atom stereocenters. The van der Waals surface area contributed by atoms with E-state index in [2.05, 4.69) is 19.8 Å². The molecule has 0 atom stereocenters. The van der Waals surface area contributed by atoms with E-state index in [1.54, 1.807) is 18.5 Å². The van der Waals surface area contributed by atoms with Crippen LogP contribution < -0.4 is 4.72 Å². The summed E-state index contributed by atoms with van der Waals surface area (Å²) in [5.41, 5.74) is 1.91. The van der Waals surface area contributed by atoms with Gasteiger partial charge in [0.15, 0.2) is 5.82 Å². The van der Waals surface area contributed by atoms with Gasteiger partial charge in [-0.15, -0.1) is 0 Å². The number of anilines is 1. The van der Waals surface area contributed by atoms with E-state index in [9.17, 15) is 8.42 Å². The first-order chi connectivity index (χ1) is 11.5. The third-order valence-corrected chi connectivity index (χ3v) is 4.14. The van der Waals surface area contributed by atoms with E-state index in [0.717, 1.165) is 16.5 Å². The van der Waals surface area contributed by atoms with Crippen molar-refractivity contribution in [2.24, 2.45) is 0 Å². The van der Waals surface area contributed by atoms with E-state index in [0.29, 0.717) is 5.82 Å². The van der Waals surface area contributed by atoms with Crippen LogP contribution in [0.25, 0.3) is 11.9 Å². The van der Waals surface area contributed by atoms with Gasteiger partial charge >= 0.3 is 0 Å². The Morgan fingerprint density at radius 1 is 1.17 bits per heavy atom. The second kappa shape index (κ2) is 6.63. The molecule has 24 heavy (non-hydrogen) atoms. The van der Waals surface area contributed by atoms with E-state index in [-0.39, 0.29) is 5.82 Å². The average molecular weight is 341 g/mol. The highest BCUT2D eigenvalue weighted by Crippen LogP contribution is 2.11. The second-order valence-electron chi connectivity index (χ2n) is 5.07. The monoisotopic (exact) mass is 341 g/mol. The number of aromatic nitrogens is 4. The molecule has 0 aliphatic rings. The van der Waals surface area contributed by atoms with Crippen LogP contribution in [0.4, 0.5) is 5.82 Å². The summed E-state index contributed by atoms with van der Waals surface area (Å²) in [5.74, 6) is 0.638. The number of sulfonamides is 1. The lowest BCUT2D eigenvalue weighted by molar-refractivity contribution is 0.609. The van der Waals surface area contributed by atoms with Gasteiger partial charge in [0, 0.05) is 18.5 Å². The molecule has 1 N–H and O–H groups in total. The molecule has 0 aliphatic heterocycles. The second-order valence-corrected chi connectivity index (χ2v) is 6.64.